The van der Waals surface area contributed by atoms with Crippen LogP contribution in [0.5, 0.6) is 5.75 Å². The molecule has 0 radical (unpaired) electrons. The Morgan fingerprint density at radius 3 is 2.49 bits per heavy atom. The molecule has 1 aromatic carbocycles. The van der Waals surface area contributed by atoms with Gasteiger partial charge in [0.15, 0.2) is 6.35 Å². The normalized spacial score (nSPS) is 21.7. The van der Waals surface area contributed by atoms with E-state index in [2.05, 4.69) is 10.3 Å². The highest BCUT2D eigenvalue weighted by Crippen LogP contribution is 2.37. The van der Waals surface area contributed by atoms with Gasteiger partial charge in [-0.25, -0.2) is 4.98 Å². The van der Waals surface area contributed by atoms with Crippen LogP contribution in [-0.4, -0.2) is 65.6 Å². The number of pyridine rings is 1. The first-order valence-electron chi connectivity index (χ1n) is 13.0. The molecule has 0 bridgehead atoms. The fourth-order valence-corrected chi connectivity index (χ4v) is 5.55. The summed E-state index contributed by atoms with van der Waals surface area (Å²) >= 11 is 0. The van der Waals surface area contributed by atoms with Gasteiger partial charge in [0.2, 0.25) is 5.91 Å². The summed E-state index contributed by atoms with van der Waals surface area (Å²) in [7, 11) is 3.01. The highest BCUT2D eigenvalue weighted by atomic mass is 19.4. The summed E-state index contributed by atoms with van der Waals surface area (Å²) in [5, 5.41) is 13.2. The molecule has 12 heteroatoms. The number of rotatable bonds is 9. The molecule has 4 N–H and O–H groups in total. The van der Waals surface area contributed by atoms with Crippen LogP contribution < -0.4 is 20.7 Å². The van der Waals surface area contributed by atoms with Crippen molar-refractivity contribution in [2.24, 2.45) is 11.8 Å². The molecule has 212 valence electrons. The monoisotopic (exact) mass is 549 g/mol. The minimum atomic E-state index is -4.63. The smallest absolute Gasteiger partial charge is 0.404 e. The number of carbonyl (C=O) groups excluding carboxylic acids is 2. The second-order valence-corrected chi connectivity index (χ2v) is 10.1. The number of likely N-dealkylation sites (tertiary alicyclic amines) is 1. The summed E-state index contributed by atoms with van der Waals surface area (Å²) in [6, 6.07) is 6.63. The molecule has 1 aliphatic heterocycles. The topological polar surface area (TPSA) is 121 Å². The molecule has 4 atom stereocenters. The molecule has 2 fully saturated rings. The van der Waals surface area contributed by atoms with E-state index in [-0.39, 0.29) is 12.2 Å². The lowest BCUT2D eigenvalue weighted by Gasteiger charge is -2.50. The Bertz CT molecular complexity index is 1160. The molecule has 2 aliphatic rings. The molecule has 0 spiro atoms. The maximum Gasteiger partial charge on any atom is 0.404 e. The molecule has 1 unspecified atom stereocenters. The molecule has 1 saturated heterocycles. The minimum absolute atomic E-state index is 0.104. The van der Waals surface area contributed by atoms with Crippen molar-refractivity contribution < 1.29 is 32.6 Å². The number of benzene rings is 1. The molecule has 4 rings (SSSR count). The molecule has 1 aliphatic carbocycles. The lowest BCUT2D eigenvalue weighted by Crippen LogP contribution is -2.73. The SMILES string of the molecule is COc1ccc(N(C)C(=O)[C@@H]2[C@H](Cc3ccnc(N)c3)C(=O)N2C(O)N[C@@H](C2CCCCC2)C(F)(F)F)cc1. The number of halogens is 3. The first kappa shape index (κ1) is 28.6. The number of carbonyl (C=O) groups is 2. The number of anilines is 2. The van der Waals surface area contributed by atoms with Crippen LogP contribution in [0.2, 0.25) is 0 Å². The molecule has 1 aromatic heterocycles. The number of alkyl halides is 3. The molecule has 1 saturated carbocycles. The van der Waals surface area contributed by atoms with Gasteiger partial charge in [-0.05, 0) is 67.1 Å². The van der Waals surface area contributed by atoms with Crippen LogP contribution in [0, 0.1) is 11.8 Å². The third-order valence-corrected chi connectivity index (χ3v) is 7.66. The fourth-order valence-electron chi connectivity index (χ4n) is 5.55. The Morgan fingerprint density at radius 1 is 1.23 bits per heavy atom. The summed E-state index contributed by atoms with van der Waals surface area (Å²) in [6.07, 6.45) is -2.12. The van der Waals surface area contributed by atoms with Crippen LogP contribution >= 0.6 is 0 Å². The van der Waals surface area contributed by atoms with Gasteiger partial charge in [-0.3, -0.25) is 19.8 Å². The van der Waals surface area contributed by atoms with E-state index in [0.717, 1.165) is 11.3 Å². The van der Waals surface area contributed by atoms with Crippen molar-refractivity contribution in [3.05, 3.63) is 48.2 Å². The number of hydrogen-bond acceptors (Lipinski definition) is 7. The van der Waals surface area contributed by atoms with Gasteiger partial charge in [-0.2, -0.15) is 13.2 Å². The van der Waals surface area contributed by atoms with Gasteiger partial charge < -0.3 is 20.5 Å². The second-order valence-electron chi connectivity index (χ2n) is 10.1. The summed E-state index contributed by atoms with van der Waals surface area (Å²) in [4.78, 5) is 33.0. The lowest BCUT2D eigenvalue weighted by atomic mass is 9.81. The van der Waals surface area contributed by atoms with E-state index in [0.29, 0.717) is 42.7 Å². The van der Waals surface area contributed by atoms with E-state index in [1.54, 1.807) is 36.4 Å². The van der Waals surface area contributed by atoms with Crippen LogP contribution in [-0.2, 0) is 16.0 Å². The van der Waals surface area contributed by atoms with E-state index in [4.69, 9.17) is 10.5 Å². The maximum atomic E-state index is 14.0. The van der Waals surface area contributed by atoms with Gasteiger partial charge >= 0.3 is 6.18 Å². The molecule has 39 heavy (non-hydrogen) atoms. The van der Waals surface area contributed by atoms with E-state index in [1.807, 2.05) is 0 Å². The molecular formula is C27H34F3N5O4. The quantitative estimate of drug-likeness (QED) is 0.325. The second kappa shape index (κ2) is 11.8. The zero-order valence-electron chi connectivity index (χ0n) is 21.9. The Balaban J connectivity index is 1.59. The average Bonchev–Trinajstić information content (AvgIpc) is 2.92. The van der Waals surface area contributed by atoms with Crippen molar-refractivity contribution in [3.8, 4) is 5.75 Å². The van der Waals surface area contributed by atoms with Crippen molar-refractivity contribution in [2.75, 3.05) is 24.8 Å². The fraction of sp³-hybridized carbons (Fsp3) is 0.519. The first-order chi connectivity index (χ1) is 18.5. The number of methoxy groups -OCH3 is 1. The Kier molecular flexibility index (Phi) is 8.65. The number of nitrogens with one attached hydrogen (secondary N) is 1. The van der Waals surface area contributed by atoms with Crippen LogP contribution in [0.4, 0.5) is 24.7 Å². The number of likely N-dealkylation sites (N-methyl/N-ethyl adjacent to an activating group) is 1. The summed E-state index contributed by atoms with van der Waals surface area (Å²) in [5.74, 6) is -2.00. The highest BCUT2D eigenvalue weighted by Gasteiger charge is 2.56. The third-order valence-electron chi connectivity index (χ3n) is 7.66. The van der Waals surface area contributed by atoms with Crippen LogP contribution in [0.3, 0.4) is 0 Å². The number of aliphatic hydroxyl groups is 1. The number of hydrogen-bond donors (Lipinski definition) is 3. The van der Waals surface area contributed by atoms with Gasteiger partial charge in [0.1, 0.15) is 23.7 Å². The number of β-lactam (4-membered cyclic amide) rings is 1. The number of aromatic nitrogens is 1. The predicted octanol–water partition coefficient (Wildman–Crippen LogP) is 3.08. The minimum Gasteiger partial charge on any atom is -0.497 e. The average molecular weight is 550 g/mol. The Labute approximate surface area is 225 Å². The van der Waals surface area contributed by atoms with Crippen molar-refractivity contribution in [1.82, 2.24) is 15.2 Å². The van der Waals surface area contributed by atoms with Crippen LogP contribution in [0.25, 0.3) is 0 Å². The van der Waals surface area contributed by atoms with Crippen molar-refractivity contribution in [2.45, 2.75) is 63.1 Å². The standard InChI is InChI=1S/C27H34F3N5O4/c1-34(18-8-10-19(39-2)11-9-18)25(37)22-20(14-16-12-13-32-21(31)15-16)24(36)35(22)26(38)33-23(27(28,29)30)17-6-4-3-5-7-17/h8-13,15,17,20,22-23,26,33,38H,3-7,14H2,1-2H3,(H2,31,32)/t20-,22-,23-,26?/m0/s1. The molecule has 9 nitrogen and oxygen atoms in total. The van der Waals surface area contributed by atoms with Gasteiger partial charge in [-0.15, -0.1) is 0 Å². The van der Waals surface area contributed by atoms with E-state index < -0.39 is 48.3 Å². The van der Waals surface area contributed by atoms with E-state index in [1.165, 1.54) is 25.3 Å². The lowest BCUT2D eigenvalue weighted by molar-refractivity contribution is -0.205. The van der Waals surface area contributed by atoms with Crippen molar-refractivity contribution >= 4 is 23.3 Å². The van der Waals surface area contributed by atoms with Crippen molar-refractivity contribution in [3.63, 3.8) is 0 Å². The molecule has 2 amide bonds. The van der Waals surface area contributed by atoms with Gasteiger partial charge in [0.05, 0.1) is 13.0 Å². The van der Waals surface area contributed by atoms with Gasteiger partial charge in [0.25, 0.3) is 5.91 Å². The third kappa shape index (κ3) is 6.27. The van der Waals surface area contributed by atoms with Gasteiger partial charge in [-0.1, -0.05) is 19.3 Å². The number of nitrogens with zero attached hydrogens (tertiary/aromatic N) is 3. The summed E-state index contributed by atoms with van der Waals surface area (Å²) < 4.78 is 47.3. The zero-order valence-corrected chi connectivity index (χ0v) is 21.9. The summed E-state index contributed by atoms with van der Waals surface area (Å²) in [5.41, 5.74) is 6.90. The number of nitrogen functional groups attached to an aromatic ring is 1. The summed E-state index contributed by atoms with van der Waals surface area (Å²) in [6.45, 7) is 0. The Morgan fingerprint density at radius 2 is 1.90 bits per heavy atom. The zero-order chi connectivity index (χ0) is 28.3. The number of amides is 2. The van der Waals surface area contributed by atoms with Crippen molar-refractivity contribution in [1.29, 1.82) is 0 Å². The number of aliphatic hydroxyl groups excluding tert-OH is 1. The molecule has 2 aromatic rings. The maximum absolute atomic E-state index is 14.0. The van der Waals surface area contributed by atoms with E-state index >= 15 is 0 Å². The largest absolute Gasteiger partial charge is 0.497 e. The first-order valence-corrected chi connectivity index (χ1v) is 13.0. The predicted molar refractivity (Wildman–Crippen MR) is 138 cm³/mol. The molecule has 2 heterocycles. The highest BCUT2D eigenvalue weighted by molar-refractivity contribution is 6.06. The van der Waals surface area contributed by atoms with Crippen LogP contribution in [0.1, 0.15) is 37.7 Å². The number of ether oxygens (including phenoxy) is 1. The van der Waals surface area contributed by atoms with E-state index in [9.17, 15) is 27.9 Å². The van der Waals surface area contributed by atoms with Crippen LogP contribution in [0.15, 0.2) is 42.6 Å². The van der Waals surface area contributed by atoms with Gasteiger partial charge in [0, 0.05) is 18.9 Å². The Hall–Kier alpha value is -3.38. The number of nitrogens with two attached hydrogens (primary N) is 1. The molecular weight excluding hydrogens is 515 g/mol.